The predicted octanol–water partition coefficient (Wildman–Crippen LogP) is 5.70. The lowest BCUT2D eigenvalue weighted by molar-refractivity contribution is -0.266. The van der Waals surface area contributed by atoms with Gasteiger partial charge in [-0.2, -0.15) is 26.3 Å². The van der Waals surface area contributed by atoms with Gasteiger partial charge in [-0.3, -0.25) is 4.79 Å². The van der Waals surface area contributed by atoms with Gasteiger partial charge in [0.05, 0.1) is 10.6 Å². The van der Waals surface area contributed by atoms with Crippen molar-refractivity contribution in [2.75, 3.05) is 6.61 Å². The molecule has 2 rings (SSSR count). The Morgan fingerprint density at radius 3 is 2.17 bits per heavy atom. The van der Waals surface area contributed by atoms with Gasteiger partial charge in [0.15, 0.2) is 12.2 Å². The first-order chi connectivity index (χ1) is 15.8. The standard InChI is InChI=1S/C22H20ClF8NO3/c1-19(2,14-7-13(24)3-4-16(14)35-9-17(32)33)10-20(34,22(29,30)31)8-11-5-12(21(26,27)28)6-15(23)18(11)25/h3-7,34H,8-10H2,1-2H3,(H2,32,33). The molecule has 35 heavy (non-hydrogen) atoms. The van der Waals surface area contributed by atoms with E-state index >= 15 is 0 Å². The third-order valence-corrected chi connectivity index (χ3v) is 5.49. The highest BCUT2D eigenvalue weighted by atomic mass is 35.5. The fourth-order valence-electron chi connectivity index (χ4n) is 3.65. The van der Waals surface area contributed by atoms with Crippen molar-refractivity contribution in [2.45, 2.75) is 50.1 Å². The monoisotopic (exact) mass is 533 g/mol. The maximum absolute atomic E-state index is 14.4. The number of halogens is 9. The molecule has 0 aliphatic heterocycles. The van der Waals surface area contributed by atoms with E-state index in [0.717, 1.165) is 18.2 Å². The molecule has 1 amide bonds. The van der Waals surface area contributed by atoms with Crippen LogP contribution in [0.1, 0.15) is 37.0 Å². The van der Waals surface area contributed by atoms with Crippen LogP contribution < -0.4 is 10.5 Å². The van der Waals surface area contributed by atoms with E-state index in [0.29, 0.717) is 0 Å². The van der Waals surface area contributed by atoms with E-state index < -0.39 is 76.5 Å². The Balaban J connectivity index is 2.57. The SMILES string of the molecule is CC(C)(CC(O)(Cc1cc(C(F)(F)F)cc(Cl)c1F)C(F)(F)F)c1cc(F)ccc1OCC(N)=O. The number of primary amides is 1. The van der Waals surface area contributed by atoms with Crippen molar-refractivity contribution in [3.05, 3.63) is 63.7 Å². The molecule has 4 nitrogen and oxygen atoms in total. The summed E-state index contributed by atoms with van der Waals surface area (Å²) in [5.41, 5.74) is -3.38. The molecule has 1 unspecified atom stereocenters. The number of alkyl halides is 6. The summed E-state index contributed by atoms with van der Waals surface area (Å²) < 4.78 is 115. The third-order valence-electron chi connectivity index (χ3n) is 5.22. The number of hydrogen-bond donors (Lipinski definition) is 2. The van der Waals surface area contributed by atoms with Crippen LogP contribution in [0.3, 0.4) is 0 Å². The van der Waals surface area contributed by atoms with Crippen molar-refractivity contribution in [3.63, 3.8) is 0 Å². The van der Waals surface area contributed by atoms with Crippen LogP contribution >= 0.6 is 11.6 Å². The van der Waals surface area contributed by atoms with Crippen LogP contribution in [-0.4, -0.2) is 29.4 Å². The van der Waals surface area contributed by atoms with Crippen molar-refractivity contribution in [1.82, 2.24) is 0 Å². The molecule has 3 N–H and O–H groups in total. The first-order valence-electron chi connectivity index (χ1n) is 9.82. The van der Waals surface area contributed by atoms with Crippen LogP contribution in [0.15, 0.2) is 30.3 Å². The minimum atomic E-state index is -5.46. The Hall–Kier alpha value is -2.60. The lowest BCUT2D eigenvalue weighted by Gasteiger charge is -2.38. The van der Waals surface area contributed by atoms with Gasteiger partial charge >= 0.3 is 12.4 Å². The fourth-order valence-corrected chi connectivity index (χ4v) is 3.89. The van der Waals surface area contributed by atoms with Gasteiger partial charge in [-0.1, -0.05) is 25.4 Å². The number of rotatable bonds is 8. The molecule has 0 heterocycles. The molecule has 0 aliphatic rings. The average Bonchev–Trinajstić information content (AvgIpc) is 2.68. The first kappa shape index (κ1) is 28.6. The van der Waals surface area contributed by atoms with Crippen LogP contribution in [-0.2, 0) is 22.8 Å². The highest BCUT2D eigenvalue weighted by Crippen LogP contribution is 2.46. The zero-order valence-electron chi connectivity index (χ0n) is 18.3. The van der Waals surface area contributed by atoms with Gasteiger partial charge in [0.25, 0.3) is 5.91 Å². The fraction of sp³-hybridized carbons (Fsp3) is 0.409. The van der Waals surface area contributed by atoms with E-state index in [-0.39, 0.29) is 23.4 Å². The number of benzene rings is 2. The van der Waals surface area contributed by atoms with Gasteiger partial charge < -0.3 is 15.6 Å². The quantitative estimate of drug-likeness (QED) is 0.427. The van der Waals surface area contributed by atoms with Gasteiger partial charge in [0.1, 0.15) is 17.4 Å². The van der Waals surface area contributed by atoms with Crippen LogP contribution in [0.4, 0.5) is 35.1 Å². The summed E-state index contributed by atoms with van der Waals surface area (Å²) in [6.45, 7) is 1.66. The minimum absolute atomic E-state index is 0.133. The number of amides is 1. The van der Waals surface area contributed by atoms with E-state index in [1.54, 1.807) is 0 Å². The van der Waals surface area contributed by atoms with Gasteiger partial charge in [-0.25, -0.2) is 8.78 Å². The van der Waals surface area contributed by atoms with Gasteiger partial charge in [0.2, 0.25) is 0 Å². The Bertz CT molecular complexity index is 1100. The molecule has 0 aliphatic carbocycles. The molecular formula is C22H20ClF8NO3. The van der Waals surface area contributed by atoms with Gasteiger partial charge in [0, 0.05) is 12.0 Å². The largest absolute Gasteiger partial charge is 0.483 e. The molecule has 2 aromatic rings. The average molecular weight is 534 g/mol. The van der Waals surface area contributed by atoms with E-state index in [2.05, 4.69) is 0 Å². The van der Waals surface area contributed by atoms with Crippen molar-refractivity contribution in [2.24, 2.45) is 5.73 Å². The normalized spacial score (nSPS) is 14.5. The lowest BCUT2D eigenvalue weighted by Crippen LogP contribution is -2.51. The smallest absolute Gasteiger partial charge is 0.417 e. The topological polar surface area (TPSA) is 72.6 Å². The number of ether oxygens (including phenoxy) is 1. The van der Waals surface area contributed by atoms with E-state index in [1.807, 2.05) is 0 Å². The maximum atomic E-state index is 14.4. The summed E-state index contributed by atoms with van der Waals surface area (Å²) in [6, 6.07) is 3.11. The van der Waals surface area contributed by atoms with Crippen molar-refractivity contribution < 1.29 is 49.8 Å². The predicted molar refractivity (Wildman–Crippen MR) is 110 cm³/mol. The molecule has 0 spiro atoms. The van der Waals surface area contributed by atoms with Crippen LogP contribution in [0, 0.1) is 11.6 Å². The zero-order chi connectivity index (χ0) is 27.0. The van der Waals surface area contributed by atoms with Crippen molar-refractivity contribution in [1.29, 1.82) is 0 Å². The Morgan fingerprint density at radius 2 is 1.66 bits per heavy atom. The summed E-state index contributed by atoms with van der Waals surface area (Å²) in [5.74, 6) is -3.59. The molecular weight excluding hydrogens is 514 g/mol. The number of carbonyl (C=O) groups is 1. The molecule has 2 aromatic carbocycles. The highest BCUT2D eigenvalue weighted by molar-refractivity contribution is 6.30. The zero-order valence-corrected chi connectivity index (χ0v) is 19.0. The van der Waals surface area contributed by atoms with Crippen molar-refractivity contribution >= 4 is 17.5 Å². The van der Waals surface area contributed by atoms with Gasteiger partial charge in [-0.05, 0) is 47.7 Å². The number of hydrogen-bond acceptors (Lipinski definition) is 3. The second-order valence-corrected chi connectivity index (χ2v) is 9.00. The number of aliphatic hydroxyl groups is 1. The summed E-state index contributed by atoms with van der Waals surface area (Å²) in [4.78, 5) is 11.0. The van der Waals surface area contributed by atoms with Crippen LogP contribution in [0.25, 0.3) is 0 Å². The third kappa shape index (κ3) is 6.75. The van der Waals surface area contributed by atoms with Gasteiger partial charge in [-0.15, -0.1) is 0 Å². The summed E-state index contributed by atoms with van der Waals surface area (Å²) in [6.07, 6.45) is -13.4. The van der Waals surface area contributed by atoms with E-state index in [1.165, 1.54) is 13.8 Å². The molecule has 1 atom stereocenters. The highest BCUT2D eigenvalue weighted by Gasteiger charge is 2.56. The summed E-state index contributed by atoms with van der Waals surface area (Å²) in [7, 11) is 0. The molecule has 0 fully saturated rings. The summed E-state index contributed by atoms with van der Waals surface area (Å²) >= 11 is 5.46. The Kier molecular flexibility index (Phi) is 8.02. The molecule has 0 saturated carbocycles. The number of nitrogens with two attached hydrogens (primary N) is 1. The minimum Gasteiger partial charge on any atom is -0.483 e. The first-order valence-corrected chi connectivity index (χ1v) is 10.2. The Morgan fingerprint density at radius 1 is 1.06 bits per heavy atom. The van der Waals surface area contributed by atoms with Crippen LogP contribution in [0.5, 0.6) is 5.75 Å². The molecule has 0 saturated heterocycles. The number of carbonyl (C=O) groups excluding carboxylic acids is 1. The van der Waals surface area contributed by atoms with Crippen LogP contribution in [0.2, 0.25) is 5.02 Å². The van der Waals surface area contributed by atoms with E-state index in [4.69, 9.17) is 22.1 Å². The molecule has 0 aromatic heterocycles. The Labute approximate surface area is 199 Å². The van der Waals surface area contributed by atoms with E-state index in [9.17, 15) is 45.0 Å². The summed E-state index contributed by atoms with van der Waals surface area (Å²) in [5, 5.41) is 9.58. The second-order valence-electron chi connectivity index (χ2n) is 8.59. The molecule has 0 radical (unpaired) electrons. The van der Waals surface area contributed by atoms with Crippen molar-refractivity contribution in [3.8, 4) is 5.75 Å². The lowest BCUT2D eigenvalue weighted by atomic mass is 9.72. The molecule has 194 valence electrons. The molecule has 13 heteroatoms. The second kappa shape index (κ2) is 9.81. The molecule has 0 bridgehead atoms. The maximum Gasteiger partial charge on any atom is 0.417 e.